The Morgan fingerprint density at radius 1 is 0.763 bits per heavy atom. The van der Waals surface area contributed by atoms with E-state index >= 15 is 0 Å². The summed E-state index contributed by atoms with van der Waals surface area (Å²) in [5.41, 5.74) is 6.50. The van der Waals surface area contributed by atoms with Crippen LogP contribution in [-0.2, 0) is 6.54 Å². The first-order valence-corrected chi connectivity index (χ1v) is 14.2. The van der Waals surface area contributed by atoms with Crippen molar-refractivity contribution in [2.75, 3.05) is 31.1 Å². The molecule has 0 bridgehead atoms. The van der Waals surface area contributed by atoms with E-state index in [4.69, 9.17) is 15.0 Å². The van der Waals surface area contributed by atoms with Crippen molar-refractivity contribution in [3.63, 3.8) is 0 Å². The second-order valence-electron chi connectivity index (χ2n) is 9.35. The van der Waals surface area contributed by atoms with Gasteiger partial charge in [0.2, 0.25) is 5.13 Å². The van der Waals surface area contributed by atoms with Crippen molar-refractivity contribution in [3.8, 4) is 0 Å². The number of amidine groups is 3. The van der Waals surface area contributed by atoms with Crippen molar-refractivity contribution in [3.05, 3.63) is 82.9 Å². The van der Waals surface area contributed by atoms with Gasteiger partial charge in [0.05, 0.1) is 40.1 Å². The van der Waals surface area contributed by atoms with Gasteiger partial charge >= 0.3 is 0 Å². The third-order valence-corrected chi connectivity index (χ3v) is 8.88. The number of anilines is 1. The van der Waals surface area contributed by atoms with Crippen LogP contribution in [0.1, 0.15) is 22.3 Å². The van der Waals surface area contributed by atoms with Crippen LogP contribution in [0.25, 0.3) is 20.4 Å². The third-order valence-electron chi connectivity index (χ3n) is 6.92. The number of thiazole rings is 2. The lowest BCUT2D eigenvalue weighted by Gasteiger charge is -2.14. The molecule has 38 heavy (non-hydrogen) atoms. The normalized spacial score (nSPS) is 17.7. The molecule has 2 aromatic heterocycles. The third kappa shape index (κ3) is 3.67. The van der Waals surface area contributed by atoms with Crippen LogP contribution in [0.3, 0.4) is 0 Å². The average molecular weight is 535 g/mol. The summed E-state index contributed by atoms with van der Waals surface area (Å²) in [6.45, 7) is 4.17. The lowest BCUT2D eigenvalue weighted by molar-refractivity contribution is 0.960. The van der Waals surface area contributed by atoms with Crippen molar-refractivity contribution in [1.29, 1.82) is 0 Å². The molecule has 3 aliphatic heterocycles. The molecule has 3 aliphatic rings. The molecular formula is C28H22N8S2. The van der Waals surface area contributed by atoms with Crippen LogP contribution in [0.2, 0.25) is 0 Å². The van der Waals surface area contributed by atoms with Gasteiger partial charge in [-0.1, -0.05) is 46.9 Å². The van der Waals surface area contributed by atoms with Gasteiger partial charge in [0.25, 0.3) is 0 Å². The van der Waals surface area contributed by atoms with Crippen molar-refractivity contribution < 1.29 is 0 Å². The number of aromatic nitrogens is 2. The number of rotatable bonds is 4. The number of nitrogens with zero attached hydrogens (tertiary/aromatic N) is 6. The van der Waals surface area contributed by atoms with Gasteiger partial charge in [-0.2, -0.15) is 0 Å². The van der Waals surface area contributed by atoms with E-state index in [0.717, 1.165) is 97.6 Å². The lowest BCUT2D eigenvalue weighted by atomic mass is 10.1. The predicted octanol–water partition coefficient (Wildman–Crippen LogP) is 4.70. The van der Waals surface area contributed by atoms with Gasteiger partial charge < -0.3 is 10.6 Å². The highest BCUT2D eigenvalue weighted by atomic mass is 32.1. The van der Waals surface area contributed by atoms with E-state index < -0.39 is 0 Å². The summed E-state index contributed by atoms with van der Waals surface area (Å²) < 4.78 is 2.24. The van der Waals surface area contributed by atoms with E-state index in [1.54, 1.807) is 22.7 Å². The standard InChI is InChI=1S/C28H22N8S2/c1-2-4-19-18(3-1)15-36(28-34-21-8-6-17(14-23(21)38-28)25-31-11-12-32-25)26(19)35-27-33-20-7-5-16(13-22(20)37-27)24-29-9-10-30-24/h1-8,13-14H,9-12,15H2,(H,29,30)(H,31,32)/b35-26+. The minimum Gasteiger partial charge on any atom is -0.368 e. The Bertz CT molecular complexity index is 1830. The van der Waals surface area contributed by atoms with Crippen LogP contribution < -0.4 is 15.5 Å². The number of benzene rings is 3. The van der Waals surface area contributed by atoms with Crippen molar-refractivity contribution >= 4 is 70.9 Å². The topological polar surface area (TPSA) is 90.2 Å². The van der Waals surface area contributed by atoms with Crippen molar-refractivity contribution in [2.45, 2.75) is 6.54 Å². The van der Waals surface area contributed by atoms with E-state index in [1.165, 1.54) is 5.56 Å². The minimum absolute atomic E-state index is 0.733. The Morgan fingerprint density at radius 3 is 2.16 bits per heavy atom. The van der Waals surface area contributed by atoms with Crippen LogP contribution in [0.5, 0.6) is 0 Å². The molecule has 0 radical (unpaired) electrons. The van der Waals surface area contributed by atoms with Gasteiger partial charge in [0.15, 0.2) is 5.13 Å². The summed E-state index contributed by atoms with van der Waals surface area (Å²) in [5.74, 6) is 2.81. The number of fused-ring (bicyclic) bond motifs is 3. The summed E-state index contributed by atoms with van der Waals surface area (Å²) in [6.07, 6.45) is 0. The fourth-order valence-electron chi connectivity index (χ4n) is 5.10. The zero-order valence-corrected chi connectivity index (χ0v) is 21.9. The summed E-state index contributed by atoms with van der Waals surface area (Å²) in [4.78, 5) is 26.3. The Kier molecular flexibility index (Phi) is 5.02. The fourth-order valence-corrected chi connectivity index (χ4v) is 6.98. The highest BCUT2D eigenvalue weighted by Crippen LogP contribution is 2.37. The molecule has 2 N–H and O–H groups in total. The number of aliphatic imine (C=N–C) groups is 3. The Morgan fingerprint density at radius 2 is 1.45 bits per heavy atom. The first kappa shape index (κ1) is 21.9. The fraction of sp³-hybridized carbons (Fsp3) is 0.179. The van der Waals surface area contributed by atoms with Gasteiger partial charge in [0.1, 0.15) is 17.5 Å². The van der Waals surface area contributed by atoms with E-state index in [9.17, 15) is 0 Å². The molecule has 186 valence electrons. The lowest BCUT2D eigenvalue weighted by Crippen LogP contribution is -2.23. The summed E-state index contributed by atoms with van der Waals surface area (Å²) in [6, 6.07) is 21.1. The first-order chi connectivity index (χ1) is 18.8. The Hall–Kier alpha value is -4.15. The van der Waals surface area contributed by atoms with Gasteiger partial charge in [-0.25, -0.2) is 15.0 Å². The number of hydrogen-bond acceptors (Lipinski definition) is 9. The zero-order chi connectivity index (χ0) is 25.1. The molecule has 5 aromatic rings. The van der Waals surface area contributed by atoms with Crippen molar-refractivity contribution in [2.24, 2.45) is 15.0 Å². The molecule has 0 unspecified atom stereocenters. The molecule has 0 atom stereocenters. The predicted molar refractivity (Wildman–Crippen MR) is 157 cm³/mol. The second-order valence-corrected chi connectivity index (χ2v) is 11.4. The SMILES string of the molecule is c1ccc2c(c1)CN(c1nc3ccc(C4=NCCN4)cc3s1)/C2=N/c1nc2ccc(C3=NCCN3)cc2s1. The smallest absolute Gasteiger partial charge is 0.212 e. The monoisotopic (exact) mass is 534 g/mol. The Labute approximate surface area is 226 Å². The number of hydrogen-bond donors (Lipinski definition) is 2. The highest BCUT2D eigenvalue weighted by Gasteiger charge is 2.29. The van der Waals surface area contributed by atoms with Crippen molar-refractivity contribution in [1.82, 2.24) is 20.6 Å². The van der Waals surface area contributed by atoms with E-state index in [0.29, 0.717) is 0 Å². The van der Waals surface area contributed by atoms with Crippen LogP contribution in [-0.4, -0.2) is 53.7 Å². The summed E-state index contributed by atoms with van der Waals surface area (Å²) in [7, 11) is 0. The molecule has 8 rings (SSSR count). The molecule has 10 heteroatoms. The second kappa shape index (κ2) is 8.71. The molecule has 0 fully saturated rings. The summed E-state index contributed by atoms with van der Waals surface area (Å²) >= 11 is 3.29. The molecule has 5 heterocycles. The van der Waals surface area contributed by atoms with Gasteiger partial charge in [-0.05, 0) is 42.0 Å². The van der Waals surface area contributed by atoms with Gasteiger partial charge in [0, 0.05) is 29.8 Å². The van der Waals surface area contributed by atoms with E-state index in [1.807, 2.05) is 0 Å². The molecule has 8 nitrogen and oxygen atoms in total. The van der Waals surface area contributed by atoms with E-state index in [2.05, 4.69) is 86.2 Å². The van der Waals surface area contributed by atoms with Crippen LogP contribution in [0.4, 0.5) is 10.3 Å². The largest absolute Gasteiger partial charge is 0.368 e. The molecule has 0 spiro atoms. The molecule has 0 amide bonds. The van der Waals surface area contributed by atoms with Crippen LogP contribution in [0.15, 0.2) is 75.6 Å². The first-order valence-electron chi connectivity index (χ1n) is 12.6. The minimum atomic E-state index is 0.733. The number of nitrogens with one attached hydrogen (secondary N) is 2. The zero-order valence-electron chi connectivity index (χ0n) is 20.3. The Balaban J connectivity index is 1.19. The molecule has 0 saturated heterocycles. The molecule has 0 aliphatic carbocycles. The van der Waals surface area contributed by atoms with Crippen LogP contribution in [0, 0.1) is 0 Å². The molecular weight excluding hydrogens is 512 g/mol. The highest BCUT2D eigenvalue weighted by molar-refractivity contribution is 7.22. The van der Waals surface area contributed by atoms with Gasteiger partial charge in [-0.3, -0.25) is 14.9 Å². The van der Waals surface area contributed by atoms with E-state index in [-0.39, 0.29) is 0 Å². The molecule has 0 saturated carbocycles. The average Bonchev–Trinajstić information content (AvgIpc) is 3.77. The summed E-state index contributed by atoms with van der Waals surface area (Å²) in [5, 5.41) is 8.39. The molecule has 3 aromatic carbocycles. The van der Waals surface area contributed by atoms with Gasteiger partial charge in [-0.15, -0.1) is 0 Å². The maximum atomic E-state index is 5.11. The maximum Gasteiger partial charge on any atom is 0.212 e. The quantitative estimate of drug-likeness (QED) is 0.349. The van der Waals surface area contributed by atoms with Crippen LogP contribution >= 0.6 is 22.7 Å². The maximum absolute atomic E-state index is 5.11.